The van der Waals surface area contributed by atoms with Gasteiger partial charge in [-0.2, -0.15) is 0 Å². The number of amides is 1. The maximum atomic E-state index is 12.5. The van der Waals surface area contributed by atoms with Crippen molar-refractivity contribution < 1.29 is 13.9 Å². The molecular weight excluding hydrogens is 568 g/mol. The number of thiocarbonyl (C=S) groups is 1. The molecule has 1 aliphatic heterocycles. The number of hydrogen-bond donors (Lipinski definition) is 2. The normalized spacial score (nSPS) is 16.2. The van der Waals surface area contributed by atoms with Gasteiger partial charge in [0.2, 0.25) is 0 Å². The molecule has 1 aliphatic rings. The molecule has 3 aromatic carbocycles. The lowest BCUT2D eigenvalue weighted by Crippen LogP contribution is -2.29. The first-order chi connectivity index (χ1) is 20.5. The van der Waals surface area contributed by atoms with Gasteiger partial charge in [-0.1, -0.05) is 41.9 Å². The Morgan fingerprint density at radius 3 is 2.57 bits per heavy atom. The Morgan fingerprint density at radius 2 is 1.81 bits per heavy atom. The highest BCUT2D eigenvalue weighted by Gasteiger charge is 2.42. The van der Waals surface area contributed by atoms with Crippen LogP contribution in [0.2, 0.25) is 5.02 Å². The summed E-state index contributed by atoms with van der Waals surface area (Å²) in [6.07, 6.45) is 1.77. The predicted molar refractivity (Wildman–Crippen MR) is 169 cm³/mol. The van der Waals surface area contributed by atoms with E-state index in [4.69, 9.17) is 33.0 Å². The lowest BCUT2D eigenvalue weighted by atomic mass is 10.0. The lowest BCUT2D eigenvalue weighted by Gasteiger charge is -2.26. The quantitative estimate of drug-likeness (QED) is 0.180. The van der Waals surface area contributed by atoms with E-state index < -0.39 is 0 Å². The zero-order valence-corrected chi connectivity index (χ0v) is 24.2. The number of furan rings is 1. The number of aryl methyl sites for hydroxylation is 1. The SMILES string of the molecule is Cc1ccc(Cl)cc1-c1ccc([C@@H]2[C@@H](c3ccccn3)NC(=S)N2c2ccc(NC(=O)COc3ccccc3)cc2)o1. The number of anilines is 2. The highest BCUT2D eigenvalue weighted by molar-refractivity contribution is 7.80. The van der Waals surface area contributed by atoms with Crippen LogP contribution in [0.4, 0.5) is 11.4 Å². The van der Waals surface area contributed by atoms with E-state index in [2.05, 4.69) is 15.6 Å². The summed E-state index contributed by atoms with van der Waals surface area (Å²) in [6.45, 7) is 1.93. The number of ether oxygens (including phenoxy) is 1. The van der Waals surface area contributed by atoms with Crippen LogP contribution in [-0.2, 0) is 4.79 Å². The van der Waals surface area contributed by atoms with Crippen molar-refractivity contribution in [3.8, 4) is 17.1 Å². The summed E-state index contributed by atoms with van der Waals surface area (Å²) in [5, 5.41) is 7.51. The first-order valence-corrected chi connectivity index (χ1v) is 14.2. The van der Waals surface area contributed by atoms with Crippen LogP contribution in [0.5, 0.6) is 5.75 Å². The van der Waals surface area contributed by atoms with Crippen molar-refractivity contribution in [1.29, 1.82) is 0 Å². The third-order valence-electron chi connectivity index (χ3n) is 7.02. The van der Waals surface area contributed by atoms with Crippen molar-refractivity contribution in [2.75, 3.05) is 16.8 Å². The second-order valence-corrected chi connectivity index (χ2v) is 10.7. The Bertz CT molecular complexity index is 1710. The third kappa shape index (κ3) is 5.86. The molecule has 2 N–H and O–H groups in total. The molecule has 0 unspecified atom stereocenters. The Kier molecular flexibility index (Phi) is 7.90. The van der Waals surface area contributed by atoms with Gasteiger partial charge in [-0.25, -0.2) is 0 Å². The first-order valence-electron chi connectivity index (χ1n) is 13.4. The van der Waals surface area contributed by atoms with E-state index in [-0.39, 0.29) is 24.6 Å². The number of benzene rings is 3. The number of hydrogen-bond acceptors (Lipinski definition) is 5. The number of carbonyl (C=O) groups excluding carboxylic acids is 1. The monoisotopic (exact) mass is 594 g/mol. The summed E-state index contributed by atoms with van der Waals surface area (Å²) in [5.41, 5.74) is 4.32. The fourth-order valence-corrected chi connectivity index (χ4v) is 5.52. The zero-order chi connectivity index (χ0) is 29.1. The van der Waals surface area contributed by atoms with E-state index in [1.165, 1.54) is 0 Å². The summed E-state index contributed by atoms with van der Waals surface area (Å²) in [4.78, 5) is 19.1. The van der Waals surface area contributed by atoms with Crippen LogP contribution in [0.3, 0.4) is 0 Å². The molecule has 1 amide bonds. The minimum Gasteiger partial charge on any atom is -0.484 e. The molecule has 5 aromatic rings. The van der Waals surface area contributed by atoms with Crippen LogP contribution in [-0.4, -0.2) is 22.6 Å². The van der Waals surface area contributed by atoms with Crippen LogP contribution >= 0.6 is 23.8 Å². The molecule has 2 atom stereocenters. The van der Waals surface area contributed by atoms with E-state index in [9.17, 15) is 4.79 Å². The molecule has 42 heavy (non-hydrogen) atoms. The van der Waals surface area contributed by atoms with Gasteiger partial charge in [0.05, 0.1) is 11.7 Å². The Labute approximate surface area is 254 Å². The van der Waals surface area contributed by atoms with Gasteiger partial charge in [0.25, 0.3) is 5.91 Å². The van der Waals surface area contributed by atoms with Crippen LogP contribution in [0.25, 0.3) is 11.3 Å². The summed E-state index contributed by atoms with van der Waals surface area (Å²) >= 11 is 12.1. The third-order valence-corrected chi connectivity index (χ3v) is 7.57. The summed E-state index contributed by atoms with van der Waals surface area (Å²) in [6, 6.07) is 31.6. The fourth-order valence-electron chi connectivity index (χ4n) is 5.01. The molecule has 7 nitrogen and oxygen atoms in total. The van der Waals surface area contributed by atoms with E-state index in [0.29, 0.717) is 21.6 Å². The number of pyridine rings is 1. The average molecular weight is 595 g/mol. The minimum atomic E-state index is -0.319. The zero-order valence-electron chi connectivity index (χ0n) is 22.7. The number of rotatable bonds is 8. The van der Waals surface area contributed by atoms with Gasteiger partial charge in [0.15, 0.2) is 11.7 Å². The molecule has 2 aromatic heterocycles. The summed E-state index contributed by atoms with van der Waals surface area (Å²) < 4.78 is 12.0. The molecule has 3 heterocycles. The van der Waals surface area contributed by atoms with Crippen LogP contribution in [0, 0.1) is 6.92 Å². The molecule has 0 aliphatic carbocycles. The molecule has 210 valence electrons. The number of carbonyl (C=O) groups is 1. The van der Waals surface area contributed by atoms with E-state index in [1.54, 1.807) is 6.20 Å². The Balaban J connectivity index is 1.27. The van der Waals surface area contributed by atoms with Crippen LogP contribution in [0.1, 0.15) is 29.1 Å². The van der Waals surface area contributed by atoms with Gasteiger partial charge < -0.3 is 24.7 Å². The second-order valence-electron chi connectivity index (χ2n) is 9.85. The molecule has 6 rings (SSSR count). The highest BCUT2D eigenvalue weighted by atomic mass is 35.5. The fraction of sp³-hybridized carbons (Fsp3) is 0.121. The van der Waals surface area contributed by atoms with Crippen LogP contribution in [0.15, 0.2) is 114 Å². The number of nitrogens with zero attached hydrogens (tertiary/aromatic N) is 2. The van der Waals surface area contributed by atoms with Gasteiger partial charge in [0.1, 0.15) is 23.3 Å². The number of aromatic nitrogens is 1. The number of para-hydroxylation sites is 1. The molecular formula is C33H27ClN4O3S. The molecule has 1 saturated heterocycles. The Morgan fingerprint density at radius 1 is 1.02 bits per heavy atom. The Hall–Kier alpha value is -4.66. The maximum absolute atomic E-state index is 12.5. The largest absolute Gasteiger partial charge is 0.484 e. The molecule has 1 fully saturated rings. The van der Waals surface area contributed by atoms with Crippen molar-refractivity contribution in [2.24, 2.45) is 0 Å². The van der Waals surface area contributed by atoms with Crippen LogP contribution < -0.4 is 20.3 Å². The van der Waals surface area contributed by atoms with Crippen molar-refractivity contribution in [2.45, 2.75) is 19.0 Å². The molecule has 9 heteroatoms. The molecule has 0 radical (unpaired) electrons. The van der Waals surface area contributed by atoms with E-state index in [0.717, 1.165) is 34.0 Å². The maximum Gasteiger partial charge on any atom is 0.262 e. The summed E-state index contributed by atoms with van der Waals surface area (Å²) in [7, 11) is 0. The van der Waals surface area contributed by atoms with Gasteiger partial charge >= 0.3 is 0 Å². The van der Waals surface area contributed by atoms with E-state index in [1.807, 2.05) is 115 Å². The standard InChI is InChI=1S/C33H27ClN4O3S/c1-21-10-11-22(34)19-26(21)28-16-17-29(41-28)32-31(27-9-5-6-18-35-27)37-33(42)38(32)24-14-12-23(13-15-24)36-30(39)20-40-25-7-3-2-4-8-25/h2-19,31-32H,20H2,1H3,(H,36,39)(H,37,42)/t31-,32-/m1/s1. The minimum absolute atomic E-state index is 0.0906. The number of nitrogens with one attached hydrogen (secondary N) is 2. The lowest BCUT2D eigenvalue weighted by molar-refractivity contribution is -0.118. The smallest absolute Gasteiger partial charge is 0.262 e. The molecule has 0 spiro atoms. The van der Waals surface area contributed by atoms with Crippen molar-refractivity contribution >= 4 is 46.2 Å². The van der Waals surface area contributed by atoms with Crippen molar-refractivity contribution in [3.05, 3.63) is 131 Å². The van der Waals surface area contributed by atoms with E-state index >= 15 is 0 Å². The van der Waals surface area contributed by atoms with Gasteiger partial charge in [-0.05, 0) is 97.5 Å². The predicted octanol–water partition coefficient (Wildman–Crippen LogP) is 7.50. The van der Waals surface area contributed by atoms with Gasteiger partial charge in [-0.3, -0.25) is 9.78 Å². The number of halogens is 1. The second kappa shape index (κ2) is 12.1. The topological polar surface area (TPSA) is 79.6 Å². The van der Waals surface area contributed by atoms with Crippen molar-refractivity contribution in [3.63, 3.8) is 0 Å². The average Bonchev–Trinajstić information content (AvgIpc) is 3.63. The first kappa shape index (κ1) is 27.5. The molecule has 0 bridgehead atoms. The summed E-state index contributed by atoms with van der Waals surface area (Å²) in [5.74, 6) is 1.83. The highest BCUT2D eigenvalue weighted by Crippen LogP contribution is 2.43. The van der Waals surface area contributed by atoms with Gasteiger partial charge in [-0.15, -0.1) is 0 Å². The van der Waals surface area contributed by atoms with Crippen molar-refractivity contribution in [1.82, 2.24) is 10.3 Å². The molecule has 0 saturated carbocycles. The van der Waals surface area contributed by atoms with Gasteiger partial charge in [0, 0.05) is 28.2 Å².